The minimum Gasteiger partial charge on any atom is -0.481 e. The zero-order valence-corrected chi connectivity index (χ0v) is 12.7. The summed E-state index contributed by atoms with van der Waals surface area (Å²) in [6.07, 6.45) is 0.681. The molecule has 2 saturated heterocycles. The van der Waals surface area contributed by atoms with E-state index in [9.17, 15) is 22.8 Å². The van der Waals surface area contributed by atoms with E-state index in [1.165, 1.54) is 18.7 Å². The van der Waals surface area contributed by atoms with E-state index in [-0.39, 0.29) is 13.1 Å². The van der Waals surface area contributed by atoms with Crippen molar-refractivity contribution in [2.45, 2.75) is 31.4 Å². The molecule has 2 aliphatic rings. The number of sulfonamides is 1. The molecule has 9 heteroatoms. The van der Waals surface area contributed by atoms with Gasteiger partial charge in [-0.2, -0.15) is 0 Å². The van der Waals surface area contributed by atoms with Crippen molar-refractivity contribution in [3.05, 3.63) is 0 Å². The largest absolute Gasteiger partial charge is 0.481 e. The lowest BCUT2D eigenvalue weighted by Crippen LogP contribution is -2.68. The number of nitrogens with zero attached hydrogens (tertiary/aromatic N) is 2. The van der Waals surface area contributed by atoms with Gasteiger partial charge < -0.3 is 10.0 Å². The topological polar surface area (TPSA) is 112 Å². The van der Waals surface area contributed by atoms with E-state index in [4.69, 9.17) is 5.11 Å². The van der Waals surface area contributed by atoms with Gasteiger partial charge in [-0.15, -0.1) is 0 Å². The Morgan fingerprint density at radius 2 is 1.81 bits per heavy atom. The smallest absolute Gasteiger partial charge is 0.306 e. The van der Waals surface area contributed by atoms with E-state index in [2.05, 4.69) is 0 Å². The fourth-order valence-electron chi connectivity index (χ4n) is 2.51. The first kappa shape index (κ1) is 15.7. The van der Waals surface area contributed by atoms with Crippen LogP contribution in [-0.4, -0.2) is 64.9 Å². The number of piperidine rings is 1. The van der Waals surface area contributed by atoms with Crippen LogP contribution in [0.1, 0.15) is 26.7 Å². The van der Waals surface area contributed by atoms with Crippen molar-refractivity contribution in [3.63, 3.8) is 0 Å². The number of carbonyl (C=O) groups is 3. The Kier molecular flexibility index (Phi) is 3.73. The van der Waals surface area contributed by atoms with E-state index >= 15 is 0 Å². The number of rotatable bonds is 3. The number of likely N-dealkylation sites (tertiary alicyclic amines) is 1. The predicted molar refractivity (Wildman–Crippen MR) is 71.7 cm³/mol. The number of carboxylic acids is 1. The van der Waals surface area contributed by atoms with Gasteiger partial charge in [0.15, 0.2) is 4.75 Å². The summed E-state index contributed by atoms with van der Waals surface area (Å²) in [4.78, 5) is 36.0. The van der Waals surface area contributed by atoms with Gasteiger partial charge >= 0.3 is 5.97 Å². The third-order valence-corrected chi connectivity index (χ3v) is 6.49. The molecule has 0 unspecified atom stereocenters. The van der Waals surface area contributed by atoms with Crippen LogP contribution in [0.15, 0.2) is 0 Å². The van der Waals surface area contributed by atoms with Crippen LogP contribution in [0.25, 0.3) is 0 Å². The van der Waals surface area contributed by atoms with Crippen LogP contribution in [-0.2, 0) is 24.4 Å². The Balaban J connectivity index is 1.95. The second-order valence-corrected chi connectivity index (χ2v) is 8.23. The summed E-state index contributed by atoms with van der Waals surface area (Å²) in [5.41, 5.74) is 0. The molecule has 8 nitrogen and oxygen atoms in total. The number of carbonyl (C=O) groups excluding carboxylic acids is 2. The molecule has 0 atom stereocenters. The lowest BCUT2D eigenvalue weighted by molar-refractivity contribution is -0.146. The minimum atomic E-state index is -3.77. The second kappa shape index (κ2) is 4.97. The molecule has 1 N–H and O–H groups in total. The Morgan fingerprint density at radius 1 is 1.29 bits per heavy atom. The summed E-state index contributed by atoms with van der Waals surface area (Å²) in [7, 11) is -3.77. The number of hydrogen-bond acceptors (Lipinski definition) is 5. The maximum atomic E-state index is 12.0. The third-order valence-electron chi connectivity index (χ3n) is 4.15. The first-order valence-electron chi connectivity index (χ1n) is 6.66. The van der Waals surface area contributed by atoms with Gasteiger partial charge in [-0.1, -0.05) is 0 Å². The summed E-state index contributed by atoms with van der Waals surface area (Å²) in [5, 5.41) is 8.88. The highest BCUT2D eigenvalue weighted by Crippen LogP contribution is 2.34. The zero-order valence-electron chi connectivity index (χ0n) is 11.9. The van der Waals surface area contributed by atoms with E-state index in [1.54, 1.807) is 0 Å². The molecule has 2 rings (SSSR count). The van der Waals surface area contributed by atoms with E-state index in [0.717, 1.165) is 0 Å². The Bertz CT molecular complexity index is 589. The number of carboxylic acid groups (broad SMARTS) is 1. The molecular formula is C12H18N2O6S. The summed E-state index contributed by atoms with van der Waals surface area (Å²) < 4.78 is 22.9. The Morgan fingerprint density at radius 3 is 2.24 bits per heavy atom. The molecule has 0 bridgehead atoms. The SMILES string of the molecule is CC1(C)C(=O)N(CC(=O)N2CCC(C(=O)O)CC2)S1(=O)=O. The molecule has 0 saturated carbocycles. The maximum absolute atomic E-state index is 12.0. The first-order valence-corrected chi connectivity index (χ1v) is 8.10. The van der Waals surface area contributed by atoms with E-state index in [1.807, 2.05) is 0 Å². The van der Waals surface area contributed by atoms with Crippen molar-refractivity contribution >= 4 is 27.8 Å². The lowest BCUT2D eigenvalue weighted by atomic mass is 9.97. The van der Waals surface area contributed by atoms with Crippen molar-refractivity contribution in [1.82, 2.24) is 9.21 Å². The van der Waals surface area contributed by atoms with Gasteiger partial charge in [-0.3, -0.25) is 14.4 Å². The monoisotopic (exact) mass is 318 g/mol. The second-order valence-electron chi connectivity index (χ2n) is 5.82. The lowest BCUT2D eigenvalue weighted by Gasteiger charge is -2.43. The van der Waals surface area contributed by atoms with Gasteiger partial charge in [0.2, 0.25) is 5.91 Å². The van der Waals surface area contributed by atoms with Gasteiger partial charge in [-0.05, 0) is 26.7 Å². The van der Waals surface area contributed by atoms with Crippen LogP contribution in [0.3, 0.4) is 0 Å². The Hall–Kier alpha value is -1.64. The molecule has 2 heterocycles. The maximum Gasteiger partial charge on any atom is 0.306 e. The van der Waals surface area contributed by atoms with Gasteiger partial charge in [0.05, 0.1) is 5.92 Å². The van der Waals surface area contributed by atoms with Crippen LogP contribution < -0.4 is 0 Å². The molecule has 21 heavy (non-hydrogen) atoms. The number of hydrogen-bond donors (Lipinski definition) is 1. The summed E-state index contributed by atoms with van der Waals surface area (Å²) in [5.74, 6) is -2.41. The van der Waals surface area contributed by atoms with Crippen molar-refractivity contribution in [2.24, 2.45) is 5.92 Å². The molecule has 0 aromatic rings. The average Bonchev–Trinajstić information content (AvgIpc) is 2.43. The van der Waals surface area contributed by atoms with Gasteiger partial charge in [0, 0.05) is 13.1 Å². The van der Waals surface area contributed by atoms with E-state index < -0.39 is 45.0 Å². The van der Waals surface area contributed by atoms with Crippen molar-refractivity contribution in [3.8, 4) is 0 Å². The predicted octanol–water partition coefficient (Wildman–Crippen LogP) is -0.740. The molecule has 2 fully saturated rings. The molecule has 2 amide bonds. The molecule has 0 aromatic carbocycles. The van der Waals surface area contributed by atoms with Crippen molar-refractivity contribution < 1.29 is 27.9 Å². The average molecular weight is 318 g/mol. The zero-order chi connectivity index (χ0) is 16.0. The molecule has 0 aliphatic carbocycles. The van der Waals surface area contributed by atoms with Crippen molar-refractivity contribution in [2.75, 3.05) is 19.6 Å². The minimum absolute atomic E-state index is 0.265. The Labute approximate surface area is 122 Å². The van der Waals surface area contributed by atoms with E-state index in [0.29, 0.717) is 17.1 Å². The highest BCUT2D eigenvalue weighted by Gasteiger charge is 2.60. The molecular weight excluding hydrogens is 300 g/mol. The van der Waals surface area contributed by atoms with Crippen LogP contribution in [0.5, 0.6) is 0 Å². The first-order chi connectivity index (χ1) is 9.59. The third kappa shape index (κ3) is 2.39. The standard InChI is InChI=1S/C12H18N2O6S/c1-12(2)11(18)14(21(12,19)20)7-9(15)13-5-3-8(4-6-13)10(16)17/h8H,3-7H2,1-2H3,(H,16,17). The van der Waals surface area contributed by atoms with Gasteiger partial charge in [0.25, 0.3) is 15.9 Å². The molecule has 0 aromatic heterocycles. The molecule has 2 aliphatic heterocycles. The quantitative estimate of drug-likeness (QED) is 0.733. The summed E-state index contributed by atoms with van der Waals surface area (Å²) in [6, 6.07) is 0. The van der Waals surface area contributed by atoms with Crippen molar-refractivity contribution in [1.29, 1.82) is 0 Å². The molecule has 118 valence electrons. The van der Waals surface area contributed by atoms with Gasteiger partial charge in [0.1, 0.15) is 6.54 Å². The summed E-state index contributed by atoms with van der Waals surface area (Å²) in [6.45, 7) is 2.65. The highest BCUT2D eigenvalue weighted by atomic mass is 32.2. The number of amides is 2. The van der Waals surface area contributed by atoms with Crippen LogP contribution in [0.4, 0.5) is 0 Å². The fourth-order valence-corrected chi connectivity index (χ4v) is 3.99. The molecule has 0 spiro atoms. The molecule has 0 radical (unpaired) electrons. The fraction of sp³-hybridized carbons (Fsp3) is 0.750. The normalized spacial score (nSPS) is 24.6. The van der Waals surface area contributed by atoms with Gasteiger partial charge in [-0.25, -0.2) is 12.7 Å². The number of aliphatic carboxylic acids is 1. The highest BCUT2D eigenvalue weighted by molar-refractivity contribution is 7.94. The van der Waals surface area contributed by atoms with Crippen LogP contribution >= 0.6 is 0 Å². The van der Waals surface area contributed by atoms with Crippen LogP contribution in [0.2, 0.25) is 0 Å². The van der Waals surface area contributed by atoms with Crippen LogP contribution in [0, 0.1) is 5.92 Å². The summed E-state index contributed by atoms with van der Waals surface area (Å²) >= 11 is 0.